The van der Waals surface area contributed by atoms with Crippen molar-refractivity contribution in [2.45, 2.75) is 40.0 Å². The van der Waals surface area contributed by atoms with Crippen molar-refractivity contribution in [2.24, 2.45) is 11.1 Å². The van der Waals surface area contributed by atoms with Crippen LogP contribution in [0.4, 0.5) is 0 Å². The lowest BCUT2D eigenvalue weighted by Crippen LogP contribution is -2.34. The smallest absolute Gasteiger partial charge is 0.223 e. The van der Waals surface area contributed by atoms with E-state index in [1.165, 1.54) is 0 Å². The number of benzene rings is 1. The number of amides is 1. The predicted octanol–water partition coefficient (Wildman–Crippen LogP) is 2.46. The van der Waals surface area contributed by atoms with E-state index in [-0.39, 0.29) is 29.9 Å². The van der Waals surface area contributed by atoms with Crippen LogP contribution in [0.3, 0.4) is 0 Å². The fourth-order valence-electron chi connectivity index (χ4n) is 2.95. The van der Waals surface area contributed by atoms with E-state index < -0.39 is 0 Å². The van der Waals surface area contributed by atoms with Crippen LogP contribution in [0.5, 0.6) is 0 Å². The first-order chi connectivity index (χ1) is 10.3. The Kier molecular flexibility index (Phi) is 5.01. The third-order valence-electron chi connectivity index (χ3n) is 4.66. The molecule has 0 spiro atoms. The first-order valence-corrected chi connectivity index (χ1v) is 7.93. The summed E-state index contributed by atoms with van der Waals surface area (Å²) in [5, 5.41) is 0. The zero-order valence-electron chi connectivity index (χ0n) is 13.8. The Morgan fingerprint density at radius 2 is 2.00 bits per heavy atom. The van der Waals surface area contributed by atoms with E-state index in [4.69, 9.17) is 5.73 Å². The second-order valence-electron chi connectivity index (χ2n) is 6.82. The molecule has 0 bridgehead atoms. The van der Waals surface area contributed by atoms with Crippen molar-refractivity contribution in [3.63, 3.8) is 0 Å². The number of aryl methyl sites for hydroxylation is 2. The number of nitrogens with zero attached hydrogens (tertiary/aromatic N) is 1. The predicted molar refractivity (Wildman–Crippen MR) is 87.8 cm³/mol. The molecule has 1 atom stereocenters. The molecule has 4 nitrogen and oxygen atoms in total. The summed E-state index contributed by atoms with van der Waals surface area (Å²) in [4.78, 5) is 26.4. The molecule has 0 aliphatic carbocycles. The van der Waals surface area contributed by atoms with Gasteiger partial charge < -0.3 is 10.6 Å². The molecule has 1 heterocycles. The molecular weight excluding hydrogens is 276 g/mol. The lowest BCUT2D eigenvalue weighted by atomic mass is 9.90. The van der Waals surface area contributed by atoms with Crippen molar-refractivity contribution in [2.75, 3.05) is 19.6 Å². The summed E-state index contributed by atoms with van der Waals surface area (Å²) < 4.78 is 0. The van der Waals surface area contributed by atoms with Gasteiger partial charge >= 0.3 is 0 Å². The van der Waals surface area contributed by atoms with Crippen LogP contribution in [0.1, 0.15) is 47.7 Å². The molecule has 4 heteroatoms. The Bertz CT molecular complexity index is 582. The number of Topliss-reactive ketones (excluding diaryl/α,β-unsaturated/α-hetero) is 1. The first-order valence-electron chi connectivity index (χ1n) is 7.93. The van der Waals surface area contributed by atoms with Crippen molar-refractivity contribution in [3.8, 4) is 0 Å². The van der Waals surface area contributed by atoms with Crippen molar-refractivity contribution in [1.29, 1.82) is 0 Å². The Morgan fingerprint density at radius 3 is 2.64 bits per heavy atom. The molecule has 2 N–H and O–H groups in total. The summed E-state index contributed by atoms with van der Waals surface area (Å²) in [7, 11) is 0. The summed E-state index contributed by atoms with van der Waals surface area (Å²) in [6, 6.07) is 5.86. The van der Waals surface area contributed by atoms with Crippen molar-refractivity contribution < 1.29 is 9.59 Å². The molecule has 120 valence electrons. The normalized spacial score (nSPS) is 21.2. The van der Waals surface area contributed by atoms with Gasteiger partial charge in [-0.25, -0.2) is 0 Å². The van der Waals surface area contributed by atoms with E-state index in [2.05, 4.69) is 6.92 Å². The highest BCUT2D eigenvalue weighted by Gasteiger charge is 2.34. The van der Waals surface area contributed by atoms with Crippen LogP contribution >= 0.6 is 0 Å². The van der Waals surface area contributed by atoms with Gasteiger partial charge in [0, 0.05) is 31.5 Å². The maximum atomic E-state index is 12.3. The number of likely N-dealkylation sites (tertiary alicyclic amines) is 1. The molecule has 22 heavy (non-hydrogen) atoms. The lowest BCUT2D eigenvalue weighted by molar-refractivity contribution is -0.130. The zero-order valence-corrected chi connectivity index (χ0v) is 13.8. The van der Waals surface area contributed by atoms with Crippen molar-refractivity contribution >= 4 is 11.7 Å². The Morgan fingerprint density at radius 1 is 1.27 bits per heavy atom. The standard InChI is InChI=1S/C18H26N2O2/c1-13-4-5-14(2)15(10-13)16(21)6-7-17(22)20-9-8-18(3,11-19)12-20/h4-5,10H,6-9,11-12,19H2,1-3H3. The Balaban J connectivity index is 1.91. The van der Waals surface area contributed by atoms with E-state index in [1.54, 1.807) is 0 Å². The maximum Gasteiger partial charge on any atom is 0.223 e. The number of carbonyl (C=O) groups excluding carboxylic acids is 2. The second-order valence-corrected chi connectivity index (χ2v) is 6.82. The van der Waals surface area contributed by atoms with E-state index in [1.807, 2.05) is 36.9 Å². The van der Waals surface area contributed by atoms with Crippen LogP contribution in [-0.2, 0) is 4.79 Å². The molecule has 0 aromatic heterocycles. The van der Waals surface area contributed by atoms with Gasteiger partial charge in [-0.1, -0.05) is 24.6 Å². The molecule has 1 unspecified atom stereocenters. The molecule has 1 aromatic rings. The highest BCUT2D eigenvalue weighted by Crippen LogP contribution is 2.29. The molecule has 1 saturated heterocycles. The summed E-state index contributed by atoms with van der Waals surface area (Å²) in [5.74, 6) is 0.117. The number of rotatable bonds is 5. The molecule has 1 fully saturated rings. The summed E-state index contributed by atoms with van der Waals surface area (Å²) in [5.41, 5.74) is 8.58. The van der Waals surface area contributed by atoms with Crippen LogP contribution in [0, 0.1) is 19.3 Å². The molecule has 0 radical (unpaired) electrons. The highest BCUT2D eigenvalue weighted by atomic mass is 16.2. The quantitative estimate of drug-likeness (QED) is 0.850. The van der Waals surface area contributed by atoms with Crippen LogP contribution in [0.15, 0.2) is 18.2 Å². The average Bonchev–Trinajstić information content (AvgIpc) is 2.90. The van der Waals surface area contributed by atoms with Crippen LogP contribution in [0.25, 0.3) is 0 Å². The van der Waals surface area contributed by atoms with Gasteiger partial charge in [-0.15, -0.1) is 0 Å². The number of carbonyl (C=O) groups is 2. The van der Waals surface area contributed by atoms with Gasteiger partial charge in [0.05, 0.1) is 0 Å². The minimum absolute atomic E-state index is 0.0345. The lowest BCUT2D eigenvalue weighted by Gasteiger charge is -2.22. The Labute approximate surface area is 132 Å². The second kappa shape index (κ2) is 6.61. The van der Waals surface area contributed by atoms with E-state index in [9.17, 15) is 9.59 Å². The van der Waals surface area contributed by atoms with Gasteiger partial charge in [0.1, 0.15) is 0 Å². The minimum atomic E-state index is 0.0345. The van der Waals surface area contributed by atoms with E-state index >= 15 is 0 Å². The maximum absolute atomic E-state index is 12.3. The summed E-state index contributed by atoms with van der Waals surface area (Å²) in [6.45, 7) is 8.07. The number of hydrogen-bond donors (Lipinski definition) is 1. The Hall–Kier alpha value is -1.68. The monoisotopic (exact) mass is 302 g/mol. The summed E-state index contributed by atoms with van der Waals surface area (Å²) >= 11 is 0. The molecule has 1 aromatic carbocycles. The number of ketones is 1. The average molecular weight is 302 g/mol. The highest BCUT2D eigenvalue weighted by molar-refractivity contribution is 5.99. The van der Waals surface area contributed by atoms with E-state index in [0.717, 1.165) is 29.7 Å². The molecule has 1 amide bonds. The van der Waals surface area contributed by atoms with Gasteiger partial charge in [-0.3, -0.25) is 9.59 Å². The van der Waals surface area contributed by atoms with Gasteiger partial charge in [0.2, 0.25) is 5.91 Å². The topological polar surface area (TPSA) is 63.4 Å². The first kappa shape index (κ1) is 16.7. The van der Waals surface area contributed by atoms with E-state index in [0.29, 0.717) is 13.1 Å². The molecule has 1 aliphatic heterocycles. The van der Waals surface area contributed by atoms with Crippen molar-refractivity contribution in [3.05, 3.63) is 34.9 Å². The van der Waals surface area contributed by atoms with Crippen LogP contribution in [0.2, 0.25) is 0 Å². The van der Waals surface area contributed by atoms with Gasteiger partial charge in [-0.05, 0) is 43.9 Å². The molecule has 1 aliphatic rings. The minimum Gasteiger partial charge on any atom is -0.342 e. The summed E-state index contributed by atoms with van der Waals surface area (Å²) in [6.07, 6.45) is 1.51. The number of nitrogens with two attached hydrogens (primary N) is 1. The van der Waals surface area contributed by atoms with Crippen molar-refractivity contribution in [1.82, 2.24) is 4.90 Å². The van der Waals surface area contributed by atoms with Gasteiger partial charge in [-0.2, -0.15) is 0 Å². The van der Waals surface area contributed by atoms with Crippen LogP contribution in [-0.4, -0.2) is 36.2 Å². The zero-order chi connectivity index (χ0) is 16.3. The van der Waals surface area contributed by atoms with Crippen LogP contribution < -0.4 is 5.73 Å². The third kappa shape index (κ3) is 3.74. The number of hydrogen-bond acceptors (Lipinski definition) is 3. The fraction of sp³-hybridized carbons (Fsp3) is 0.556. The SMILES string of the molecule is Cc1ccc(C)c(C(=O)CCC(=O)N2CCC(C)(CN)C2)c1. The van der Waals surface area contributed by atoms with Gasteiger partial charge in [0.15, 0.2) is 5.78 Å². The third-order valence-corrected chi connectivity index (χ3v) is 4.66. The largest absolute Gasteiger partial charge is 0.342 e. The molecule has 2 rings (SSSR count). The fourth-order valence-corrected chi connectivity index (χ4v) is 2.95. The molecular formula is C18H26N2O2. The molecule has 0 saturated carbocycles. The van der Waals surface area contributed by atoms with Gasteiger partial charge in [0.25, 0.3) is 0 Å².